The Labute approximate surface area is 370 Å². The van der Waals surface area contributed by atoms with Gasteiger partial charge in [0.2, 0.25) is 22.8 Å². The highest BCUT2D eigenvalue weighted by Gasteiger charge is 2.43. The van der Waals surface area contributed by atoms with E-state index in [4.69, 9.17) is 18.9 Å². The van der Waals surface area contributed by atoms with Gasteiger partial charge in [-0.2, -0.15) is 9.13 Å². The van der Waals surface area contributed by atoms with Gasteiger partial charge in [0.25, 0.3) is 0 Å². The fourth-order valence-electron chi connectivity index (χ4n) is 11.3. The van der Waals surface area contributed by atoms with Crippen molar-refractivity contribution in [2.24, 2.45) is 0 Å². The number of ether oxygens (including phenoxy) is 4. The Morgan fingerprint density at radius 3 is 1.41 bits per heavy atom. The first-order chi connectivity index (χ1) is 30.7. The Balaban J connectivity index is 0.672. The second-order valence-electron chi connectivity index (χ2n) is 19.6. The number of fused-ring (bicyclic) bond motifs is 10. The van der Waals surface area contributed by atoms with Crippen LogP contribution in [0.25, 0.3) is 33.0 Å². The molecular weight excluding hydrogens is 785 g/mol. The first kappa shape index (κ1) is 38.6. The number of pyridine rings is 2. The topological polar surface area (TPSA) is 51.2 Å². The number of aromatic nitrogens is 2. The minimum absolute atomic E-state index is 0.00138. The van der Waals surface area contributed by atoms with E-state index in [0.29, 0.717) is 0 Å². The molecule has 12 rings (SSSR count). The van der Waals surface area contributed by atoms with Gasteiger partial charge in [0.1, 0.15) is 23.7 Å². The summed E-state index contributed by atoms with van der Waals surface area (Å²) >= 11 is 0. The van der Waals surface area contributed by atoms with Gasteiger partial charge in [-0.15, -0.1) is 0 Å². The lowest BCUT2D eigenvalue weighted by molar-refractivity contribution is -0.911. The predicted octanol–water partition coefficient (Wildman–Crippen LogP) is 8.06. The van der Waals surface area contributed by atoms with Crippen LogP contribution in [0.4, 0.5) is 11.4 Å². The van der Waals surface area contributed by atoms with Gasteiger partial charge in [0.05, 0.1) is 101 Å². The van der Waals surface area contributed by atoms with Crippen molar-refractivity contribution in [2.45, 2.75) is 57.4 Å². The molecule has 6 aliphatic rings. The van der Waals surface area contributed by atoms with Crippen LogP contribution in [0.1, 0.15) is 43.2 Å². The summed E-state index contributed by atoms with van der Waals surface area (Å²) in [4.78, 5) is 4.66. The zero-order valence-electron chi connectivity index (χ0n) is 37.1. The lowest BCUT2D eigenvalue weighted by Crippen LogP contribution is -2.48. The van der Waals surface area contributed by atoms with E-state index < -0.39 is 0 Å². The monoisotopic (exact) mass is 842 g/mol. The Kier molecular flexibility index (Phi) is 9.03. The van der Waals surface area contributed by atoms with Gasteiger partial charge in [-0.1, -0.05) is 36.4 Å². The van der Waals surface area contributed by atoms with Gasteiger partial charge < -0.3 is 37.7 Å². The summed E-state index contributed by atoms with van der Waals surface area (Å²) in [5.41, 5.74) is 9.59. The van der Waals surface area contributed by atoms with Crippen molar-refractivity contribution in [3.05, 3.63) is 132 Å². The SMILES string of the molecule is C[N+](C)(CCC[n+]1ccc2c3c(cccc31)OC1CCN3C(=C21)Oc1ccccc13)CCC[N+](C)(C)CCC[n+]1ccc2c3c(cccc31)OC1CCN3C(=C21)Oc1ccccc13. The molecule has 10 heteroatoms. The fourth-order valence-corrected chi connectivity index (χ4v) is 11.3. The van der Waals surface area contributed by atoms with Crippen LogP contribution in [0.3, 0.4) is 0 Å². The summed E-state index contributed by atoms with van der Waals surface area (Å²) in [6.07, 6.45) is 9.84. The van der Waals surface area contributed by atoms with E-state index >= 15 is 0 Å². The number of aryl methyl sites for hydroxylation is 2. The molecule has 4 aromatic carbocycles. The van der Waals surface area contributed by atoms with Crippen LogP contribution in [-0.2, 0) is 13.1 Å². The van der Waals surface area contributed by atoms with Gasteiger partial charge in [0.15, 0.2) is 37.0 Å². The summed E-state index contributed by atoms with van der Waals surface area (Å²) in [5.74, 6) is 5.70. The van der Waals surface area contributed by atoms with E-state index in [-0.39, 0.29) is 12.2 Å². The molecule has 6 aliphatic heterocycles. The Morgan fingerprint density at radius 1 is 0.508 bits per heavy atom. The third kappa shape index (κ3) is 6.51. The van der Waals surface area contributed by atoms with Crippen molar-refractivity contribution in [1.82, 2.24) is 0 Å². The Bertz CT molecular complexity index is 2710. The summed E-state index contributed by atoms with van der Waals surface area (Å²) in [6.45, 7) is 8.28. The highest BCUT2D eigenvalue weighted by Crippen LogP contribution is 2.51. The minimum atomic E-state index is -0.00138. The van der Waals surface area contributed by atoms with Crippen LogP contribution in [0.5, 0.6) is 23.0 Å². The van der Waals surface area contributed by atoms with Crippen molar-refractivity contribution in [3.63, 3.8) is 0 Å². The smallest absolute Gasteiger partial charge is 0.216 e. The van der Waals surface area contributed by atoms with Crippen LogP contribution in [0, 0.1) is 0 Å². The van der Waals surface area contributed by atoms with Crippen LogP contribution in [0.15, 0.2) is 121 Å². The Hall–Kier alpha value is -6.10. The largest absolute Gasteiger partial charge is 0.485 e. The molecule has 63 heavy (non-hydrogen) atoms. The maximum Gasteiger partial charge on any atom is 0.216 e. The molecule has 2 aromatic heterocycles. The van der Waals surface area contributed by atoms with E-state index in [0.717, 1.165) is 133 Å². The normalized spacial score (nSPS) is 19.1. The molecule has 0 bridgehead atoms. The van der Waals surface area contributed by atoms with Crippen LogP contribution >= 0.6 is 0 Å². The highest BCUT2D eigenvalue weighted by molar-refractivity contribution is 6.00. The minimum Gasteiger partial charge on any atom is -0.485 e. The van der Waals surface area contributed by atoms with Gasteiger partial charge in [0, 0.05) is 67.7 Å². The van der Waals surface area contributed by atoms with Crippen LogP contribution in [0.2, 0.25) is 0 Å². The standard InChI is InChI=1S/C53H58N6O4/c1-58(2,32-11-26-54-28-22-36-48-40(54)16-9-20-44(48)60-46-24-30-56-38-14-5-7-18-42(38)62-52(56)50(36)46)34-13-35-59(3,4)33-12-27-55-29-23-37-49-41(55)17-10-21-45(49)61-47-25-31-57-39-15-6-8-19-43(39)63-53(57)51(37)47/h5-10,14-23,28-29,46-47H,11-13,24-27,30-35H2,1-4H3/q+4. The molecule has 0 fully saturated rings. The molecule has 0 spiro atoms. The average Bonchev–Trinajstić information content (AvgIpc) is 3.86. The molecule has 0 saturated carbocycles. The zero-order valence-corrected chi connectivity index (χ0v) is 37.1. The van der Waals surface area contributed by atoms with Crippen molar-refractivity contribution in [1.29, 1.82) is 0 Å². The molecule has 2 atom stereocenters. The predicted molar refractivity (Wildman–Crippen MR) is 247 cm³/mol. The molecule has 2 unspecified atom stereocenters. The maximum atomic E-state index is 6.72. The maximum absolute atomic E-state index is 6.72. The molecule has 8 heterocycles. The Morgan fingerprint density at radius 2 is 0.937 bits per heavy atom. The van der Waals surface area contributed by atoms with Gasteiger partial charge in [-0.05, 0) is 36.4 Å². The van der Waals surface area contributed by atoms with Crippen molar-refractivity contribution < 1.29 is 37.0 Å². The number of hydrogen-bond donors (Lipinski definition) is 0. The summed E-state index contributed by atoms with van der Waals surface area (Å²) in [7, 11) is 9.60. The lowest BCUT2D eigenvalue weighted by Gasteiger charge is -2.35. The fraction of sp³-hybridized carbons (Fsp3) is 0.358. The number of para-hydroxylation sites is 4. The molecule has 0 amide bonds. The summed E-state index contributed by atoms with van der Waals surface area (Å²) in [5, 5.41) is 2.39. The van der Waals surface area contributed by atoms with E-state index in [1.54, 1.807) is 0 Å². The van der Waals surface area contributed by atoms with E-state index in [1.807, 2.05) is 12.1 Å². The molecule has 0 aliphatic carbocycles. The van der Waals surface area contributed by atoms with Crippen LogP contribution < -0.4 is 37.9 Å². The number of hydrogen-bond acceptors (Lipinski definition) is 6. The van der Waals surface area contributed by atoms with Gasteiger partial charge >= 0.3 is 0 Å². The average molecular weight is 843 g/mol. The lowest BCUT2D eigenvalue weighted by atomic mass is 9.90. The van der Waals surface area contributed by atoms with Gasteiger partial charge in [-0.3, -0.25) is 0 Å². The quantitative estimate of drug-likeness (QED) is 0.0919. The third-order valence-electron chi connectivity index (χ3n) is 14.5. The zero-order chi connectivity index (χ0) is 42.5. The highest BCUT2D eigenvalue weighted by atomic mass is 16.5. The molecular formula is C53H58N6O4+4. The van der Waals surface area contributed by atoms with Crippen molar-refractivity contribution in [3.8, 4) is 23.0 Å². The number of anilines is 2. The van der Waals surface area contributed by atoms with E-state index in [2.05, 4.69) is 144 Å². The van der Waals surface area contributed by atoms with E-state index in [9.17, 15) is 0 Å². The summed E-state index contributed by atoms with van der Waals surface area (Å²) < 4.78 is 33.4. The van der Waals surface area contributed by atoms with Crippen molar-refractivity contribution >= 4 is 44.3 Å². The number of quaternary nitrogens is 2. The molecule has 0 radical (unpaired) electrons. The van der Waals surface area contributed by atoms with Crippen molar-refractivity contribution in [2.75, 3.05) is 77.3 Å². The molecule has 0 N–H and O–H groups in total. The number of nitrogens with zero attached hydrogens (tertiary/aromatic N) is 6. The van der Waals surface area contributed by atoms with Gasteiger partial charge in [-0.25, -0.2) is 0 Å². The summed E-state index contributed by atoms with van der Waals surface area (Å²) in [6, 6.07) is 34.4. The molecule has 6 aromatic rings. The molecule has 320 valence electrons. The number of benzene rings is 4. The van der Waals surface area contributed by atoms with Crippen LogP contribution in [-0.4, -0.2) is 88.6 Å². The molecule has 0 saturated heterocycles. The third-order valence-corrected chi connectivity index (χ3v) is 14.5. The number of rotatable bonds is 12. The first-order valence-corrected chi connectivity index (χ1v) is 23.2. The molecule has 10 nitrogen and oxygen atoms in total. The van der Waals surface area contributed by atoms with E-state index in [1.165, 1.54) is 50.5 Å². The second-order valence-corrected chi connectivity index (χ2v) is 19.6. The first-order valence-electron chi connectivity index (χ1n) is 23.2. The second kappa shape index (κ2) is 14.7.